The minimum atomic E-state index is 0.0667. The van der Waals surface area contributed by atoms with E-state index in [0.717, 1.165) is 29.7 Å². The number of hydrogen-bond acceptors (Lipinski definition) is 3. The molecule has 2 aromatic carbocycles. The van der Waals surface area contributed by atoms with E-state index in [-0.39, 0.29) is 11.9 Å². The Hall–Kier alpha value is -2.80. The average Bonchev–Trinajstić information content (AvgIpc) is 3.50. The number of benzene rings is 2. The summed E-state index contributed by atoms with van der Waals surface area (Å²) in [5.41, 5.74) is 2.85. The van der Waals surface area contributed by atoms with Crippen molar-refractivity contribution in [3.8, 4) is 11.8 Å². The second-order valence-electron chi connectivity index (χ2n) is 6.46. The summed E-state index contributed by atoms with van der Waals surface area (Å²) in [6.07, 6.45) is 3.45. The predicted octanol–water partition coefficient (Wildman–Crippen LogP) is 3.77. The molecule has 0 saturated heterocycles. The Morgan fingerprint density at radius 3 is 2.44 bits per heavy atom. The van der Waals surface area contributed by atoms with Gasteiger partial charge in [0.05, 0.1) is 24.8 Å². The van der Waals surface area contributed by atoms with Gasteiger partial charge in [0, 0.05) is 6.42 Å². The lowest BCUT2D eigenvalue weighted by atomic mass is 10.0. The minimum absolute atomic E-state index is 0.0667. The molecule has 1 N–H and O–H groups in total. The highest BCUT2D eigenvalue weighted by Gasteiger charge is 2.33. The molecule has 0 radical (unpaired) electrons. The Balaban J connectivity index is 1.58. The first-order chi connectivity index (χ1) is 12.2. The zero-order chi connectivity index (χ0) is 17.6. The molecule has 1 aliphatic rings. The summed E-state index contributed by atoms with van der Waals surface area (Å²) < 4.78 is 5.20. The number of rotatable bonds is 7. The van der Waals surface area contributed by atoms with Gasteiger partial charge in [-0.15, -0.1) is 0 Å². The van der Waals surface area contributed by atoms with Crippen molar-refractivity contribution in [2.75, 3.05) is 7.11 Å². The van der Waals surface area contributed by atoms with Crippen LogP contribution in [0.2, 0.25) is 0 Å². The Labute approximate surface area is 148 Å². The normalized spacial score (nSPS) is 14.4. The summed E-state index contributed by atoms with van der Waals surface area (Å²) in [4.78, 5) is 12.4. The number of nitriles is 1. The third kappa shape index (κ3) is 4.60. The zero-order valence-corrected chi connectivity index (χ0v) is 14.4. The maximum absolute atomic E-state index is 12.4. The monoisotopic (exact) mass is 334 g/mol. The SMILES string of the molecule is COc1ccc(C(NC(=O)CCc2ccc(C#N)cc2)C2CC2)cc1. The molecule has 1 unspecified atom stereocenters. The third-order valence-corrected chi connectivity index (χ3v) is 4.61. The number of hydrogen-bond donors (Lipinski definition) is 1. The van der Waals surface area contributed by atoms with Crippen molar-refractivity contribution in [1.82, 2.24) is 5.32 Å². The van der Waals surface area contributed by atoms with Crippen molar-refractivity contribution < 1.29 is 9.53 Å². The fourth-order valence-corrected chi connectivity index (χ4v) is 2.96. The lowest BCUT2D eigenvalue weighted by Crippen LogP contribution is -2.30. The van der Waals surface area contributed by atoms with E-state index in [0.29, 0.717) is 24.3 Å². The standard InChI is InChI=1S/C21H22N2O2/c1-25-19-11-9-18(10-12-19)21(17-7-8-17)23-20(24)13-6-15-2-4-16(14-22)5-3-15/h2-5,9-12,17,21H,6-8,13H2,1H3,(H,23,24). The van der Waals surface area contributed by atoms with Gasteiger partial charge < -0.3 is 10.1 Å². The first-order valence-electron chi connectivity index (χ1n) is 8.62. The van der Waals surface area contributed by atoms with Crippen LogP contribution in [0.3, 0.4) is 0 Å². The molecule has 1 aliphatic carbocycles. The van der Waals surface area contributed by atoms with Gasteiger partial charge in [-0.25, -0.2) is 0 Å². The highest BCUT2D eigenvalue weighted by Crippen LogP contribution is 2.41. The number of carbonyl (C=O) groups is 1. The van der Waals surface area contributed by atoms with Crippen molar-refractivity contribution in [2.24, 2.45) is 5.92 Å². The molecular weight excluding hydrogens is 312 g/mol. The van der Waals surface area contributed by atoms with Gasteiger partial charge in [-0.05, 0) is 60.6 Å². The molecule has 0 spiro atoms. The summed E-state index contributed by atoms with van der Waals surface area (Å²) in [6, 6.07) is 17.5. The zero-order valence-electron chi connectivity index (χ0n) is 14.4. The predicted molar refractivity (Wildman–Crippen MR) is 96.1 cm³/mol. The van der Waals surface area contributed by atoms with Crippen LogP contribution >= 0.6 is 0 Å². The molecule has 3 rings (SSSR count). The smallest absolute Gasteiger partial charge is 0.220 e. The molecule has 4 nitrogen and oxygen atoms in total. The summed E-state index contributed by atoms with van der Waals surface area (Å²) in [5.74, 6) is 1.43. The molecule has 4 heteroatoms. The number of carbonyl (C=O) groups excluding carboxylic acids is 1. The van der Waals surface area contributed by atoms with Gasteiger partial charge in [0.2, 0.25) is 5.91 Å². The average molecular weight is 334 g/mol. The third-order valence-electron chi connectivity index (χ3n) is 4.61. The van der Waals surface area contributed by atoms with Gasteiger partial charge in [-0.2, -0.15) is 5.26 Å². The Morgan fingerprint density at radius 2 is 1.88 bits per heavy atom. The fraction of sp³-hybridized carbons (Fsp3) is 0.333. The van der Waals surface area contributed by atoms with E-state index in [2.05, 4.69) is 11.4 Å². The Morgan fingerprint density at radius 1 is 1.20 bits per heavy atom. The van der Waals surface area contributed by atoms with Crippen molar-refractivity contribution in [2.45, 2.75) is 31.7 Å². The van der Waals surface area contributed by atoms with Gasteiger partial charge in [-0.3, -0.25) is 4.79 Å². The Bertz CT molecular complexity index is 756. The van der Waals surface area contributed by atoms with E-state index in [1.807, 2.05) is 36.4 Å². The van der Waals surface area contributed by atoms with Crippen LogP contribution < -0.4 is 10.1 Å². The van der Waals surface area contributed by atoms with Gasteiger partial charge >= 0.3 is 0 Å². The summed E-state index contributed by atoms with van der Waals surface area (Å²) in [5, 5.41) is 12.0. The molecule has 0 heterocycles. The number of aryl methyl sites for hydroxylation is 1. The first-order valence-corrected chi connectivity index (χ1v) is 8.62. The van der Waals surface area contributed by atoms with Gasteiger partial charge in [-0.1, -0.05) is 24.3 Å². The van der Waals surface area contributed by atoms with Crippen LogP contribution in [0.15, 0.2) is 48.5 Å². The molecule has 1 fully saturated rings. The van der Waals surface area contributed by atoms with Gasteiger partial charge in [0.25, 0.3) is 0 Å². The van der Waals surface area contributed by atoms with Crippen LogP contribution in [0.5, 0.6) is 5.75 Å². The first kappa shape index (κ1) is 17.0. The molecule has 128 valence electrons. The van der Waals surface area contributed by atoms with E-state index >= 15 is 0 Å². The second kappa shape index (κ2) is 7.85. The van der Waals surface area contributed by atoms with Crippen LogP contribution in [0.25, 0.3) is 0 Å². The van der Waals surface area contributed by atoms with Crippen molar-refractivity contribution >= 4 is 5.91 Å². The van der Waals surface area contributed by atoms with Gasteiger partial charge in [0.1, 0.15) is 5.75 Å². The van der Waals surface area contributed by atoms with Crippen LogP contribution in [-0.4, -0.2) is 13.0 Å². The molecule has 1 saturated carbocycles. The highest BCUT2D eigenvalue weighted by molar-refractivity contribution is 5.76. The lowest BCUT2D eigenvalue weighted by molar-refractivity contribution is -0.122. The van der Waals surface area contributed by atoms with E-state index in [1.165, 1.54) is 0 Å². The summed E-state index contributed by atoms with van der Waals surface area (Å²) in [7, 11) is 1.65. The molecule has 0 aliphatic heterocycles. The van der Waals surface area contributed by atoms with Gasteiger partial charge in [0.15, 0.2) is 0 Å². The molecule has 0 bridgehead atoms. The largest absolute Gasteiger partial charge is 0.497 e. The van der Waals surface area contributed by atoms with Crippen molar-refractivity contribution in [1.29, 1.82) is 5.26 Å². The molecular formula is C21H22N2O2. The van der Waals surface area contributed by atoms with Crippen molar-refractivity contribution in [3.05, 3.63) is 65.2 Å². The quantitative estimate of drug-likeness (QED) is 0.838. The van der Waals surface area contributed by atoms with E-state index in [9.17, 15) is 4.79 Å². The minimum Gasteiger partial charge on any atom is -0.497 e. The van der Waals surface area contributed by atoms with Crippen LogP contribution in [0.4, 0.5) is 0 Å². The molecule has 1 amide bonds. The second-order valence-corrected chi connectivity index (χ2v) is 6.46. The maximum atomic E-state index is 12.4. The topological polar surface area (TPSA) is 62.1 Å². The van der Waals surface area contributed by atoms with Crippen LogP contribution in [-0.2, 0) is 11.2 Å². The summed E-state index contributed by atoms with van der Waals surface area (Å²) >= 11 is 0. The number of nitrogens with one attached hydrogen (secondary N) is 1. The van der Waals surface area contributed by atoms with Crippen molar-refractivity contribution in [3.63, 3.8) is 0 Å². The Kier molecular flexibility index (Phi) is 5.35. The molecule has 0 aromatic heterocycles. The van der Waals surface area contributed by atoms with Crippen LogP contribution in [0, 0.1) is 17.2 Å². The molecule has 2 aromatic rings. The van der Waals surface area contributed by atoms with E-state index in [4.69, 9.17) is 10.00 Å². The molecule has 25 heavy (non-hydrogen) atoms. The summed E-state index contributed by atoms with van der Waals surface area (Å²) in [6.45, 7) is 0. The lowest BCUT2D eigenvalue weighted by Gasteiger charge is -2.19. The number of ether oxygens (including phenoxy) is 1. The number of amides is 1. The fourth-order valence-electron chi connectivity index (χ4n) is 2.96. The maximum Gasteiger partial charge on any atom is 0.220 e. The number of methoxy groups -OCH3 is 1. The number of nitrogens with zero attached hydrogens (tertiary/aromatic N) is 1. The highest BCUT2D eigenvalue weighted by atomic mass is 16.5. The van der Waals surface area contributed by atoms with E-state index in [1.54, 1.807) is 19.2 Å². The van der Waals surface area contributed by atoms with Crippen LogP contribution in [0.1, 0.15) is 42.0 Å². The molecule has 1 atom stereocenters. The van der Waals surface area contributed by atoms with E-state index < -0.39 is 0 Å².